The van der Waals surface area contributed by atoms with Crippen molar-refractivity contribution in [1.82, 2.24) is 4.98 Å². The average Bonchev–Trinajstić information content (AvgIpc) is 2.48. The van der Waals surface area contributed by atoms with Crippen LogP contribution in [0, 0.1) is 11.3 Å². The highest BCUT2D eigenvalue weighted by molar-refractivity contribution is 7.73. The molecule has 0 aliphatic carbocycles. The van der Waals surface area contributed by atoms with E-state index in [1.807, 2.05) is 6.92 Å². The summed E-state index contributed by atoms with van der Waals surface area (Å²) in [5.74, 6) is 0.919. The minimum atomic E-state index is -2.68. The average molecular weight is 303 g/mol. The molecule has 21 heavy (non-hydrogen) atoms. The van der Waals surface area contributed by atoms with Gasteiger partial charge in [0, 0.05) is 11.8 Å². The van der Waals surface area contributed by atoms with E-state index in [0.717, 1.165) is 0 Å². The third-order valence-corrected chi connectivity index (χ3v) is 3.14. The van der Waals surface area contributed by atoms with E-state index in [4.69, 9.17) is 10.00 Å². The summed E-state index contributed by atoms with van der Waals surface area (Å²) in [6.45, 7) is 1.91. The highest BCUT2D eigenvalue weighted by atomic mass is 32.2. The molecule has 0 aliphatic heterocycles. The lowest BCUT2D eigenvalue weighted by Gasteiger charge is -2.07. The minimum Gasteiger partial charge on any atom is -0.439 e. The second kappa shape index (κ2) is 6.72. The molecule has 1 heterocycles. The van der Waals surface area contributed by atoms with Gasteiger partial charge in [-0.2, -0.15) is 5.26 Å². The highest BCUT2D eigenvalue weighted by Gasteiger charge is 2.05. The van der Waals surface area contributed by atoms with Gasteiger partial charge in [0.25, 0.3) is 0 Å². The van der Waals surface area contributed by atoms with Gasteiger partial charge in [-0.15, -0.1) is 0 Å². The summed E-state index contributed by atoms with van der Waals surface area (Å²) in [4.78, 5) is 4.27. The number of rotatable bonds is 5. The lowest BCUT2D eigenvalue weighted by atomic mass is 10.2. The molecular weight excluding hydrogens is 290 g/mol. The molecule has 7 heteroatoms. The van der Waals surface area contributed by atoms with E-state index < -0.39 is 10.9 Å². The van der Waals surface area contributed by atoms with Gasteiger partial charge < -0.3 is 4.74 Å². The topological polar surface area (TPSA) is 92.1 Å². The van der Waals surface area contributed by atoms with Gasteiger partial charge in [0.1, 0.15) is 11.8 Å². The fourth-order valence-electron chi connectivity index (χ4n) is 1.73. The van der Waals surface area contributed by atoms with Crippen LogP contribution in [0.25, 0.3) is 0 Å². The zero-order valence-electron chi connectivity index (χ0n) is 11.2. The first-order chi connectivity index (χ1) is 10.1. The van der Waals surface area contributed by atoms with E-state index in [9.17, 15) is 8.42 Å². The molecule has 2 aromatic rings. The maximum Gasteiger partial charge on any atom is 0.222 e. The van der Waals surface area contributed by atoms with Gasteiger partial charge in [0.15, 0.2) is 0 Å². The zero-order chi connectivity index (χ0) is 15.2. The third kappa shape index (κ3) is 3.94. The lowest BCUT2D eigenvalue weighted by molar-refractivity contribution is 0.461. The zero-order valence-corrected chi connectivity index (χ0v) is 12.1. The Balaban J connectivity index is 2.16. The number of benzene rings is 1. The van der Waals surface area contributed by atoms with Crippen molar-refractivity contribution >= 4 is 16.6 Å². The summed E-state index contributed by atoms with van der Waals surface area (Å²) in [7, 11) is -2.68. The number of aromatic nitrogens is 1. The number of hydrogen-bond acceptors (Lipinski definition) is 5. The van der Waals surface area contributed by atoms with Crippen LogP contribution >= 0.6 is 0 Å². The van der Waals surface area contributed by atoms with Crippen LogP contribution in [0.1, 0.15) is 18.2 Å². The Labute approximate surface area is 124 Å². The van der Waals surface area contributed by atoms with E-state index in [-0.39, 0.29) is 0 Å². The van der Waals surface area contributed by atoms with Gasteiger partial charge in [-0.1, -0.05) is 6.92 Å². The second-order valence-corrected chi connectivity index (χ2v) is 4.84. The number of anilines is 1. The third-order valence-electron chi connectivity index (χ3n) is 2.70. The Bertz CT molecular complexity index is 741. The Morgan fingerprint density at radius 3 is 2.52 bits per heavy atom. The molecule has 0 aliphatic rings. The molecule has 0 atom stereocenters. The van der Waals surface area contributed by atoms with Crippen LogP contribution < -0.4 is 9.46 Å². The van der Waals surface area contributed by atoms with Crippen molar-refractivity contribution in [3.8, 4) is 17.7 Å². The molecule has 0 saturated carbocycles. The number of ether oxygens (including phenoxy) is 1. The predicted molar refractivity (Wildman–Crippen MR) is 78.8 cm³/mol. The van der Waals surface area contributed by atoms with Gasteiger partial charge in [0.05, 0.1) is 11.3 Å². The van der Waals surface area contributed by atoms with Crippen molar-refractivity contribution < 1.29 is 13.2 Å². The first kappa shape index (κ1) is 14.8. The number of nitrogens with zero attached hydrogens (tertiary/aromatic N) is 2. The molecular formula is C14H13N3O3S. The standard InChI is InChI=1S/C14H13N3O3S/c1-2-13-10(9-15)3-8-14(16-13)20-12-6-4-11(5-7-12)17-21(18)19/h3-8,21H,2H2,1H3,(H,17,18,19). The molecule has 6 nitrogen and oxygen atoms in total. The largest absolute Gasteiger partial charge is 0.439 e. The van der Waals surface area contributed by atoms with Gasteiger partial charge in [-0.25, -0.2) is 13.4 Å². The SMILES string of the molecule is CCc1nc(Oc2ccc(N[SH](=O)=O)cc2)ccc1C#N. The summed E-state index contributed by atoms with van der Waals surface area (Å²) < 4.78 is 28.9. The number of hydrogen-bond donors (Lipinski definition) is 2. The van der Waals surface area contributed by atoms with Crippen molar-refractivity contribution in [2.75, 3.05) is 4.72 Å². The number of aryl methyl sites for hydroxylation is 1. The number of nitrogens with one attached hydrogen (secondary N) is 1. The van der Waals surface area contributed by atoms with E-state index in [2.05, 4.69) is 15.8 Å². The van der Waals surface area contributed by atoms with Gasteiger partial charge in [0.2, 0.25) is 16.8 Å². The molecule has 0 radical (unpaired) electrons. The number of thiol groups is 1. The summed E-state index contributed by atoms with van der Waals surface area (Å²) in [5, 5.41) is 8.95. The van der Waals surface area contributed by atoms with Crippen molar-refractivity contribution in [3.63, 3.8) is 0 Å². The van der Waals surface area contributed by atoms with E-state index in [1.54, 1.807) is 36.4 Å². The Hall–Kier alpha value is -2.59. The molecule has 1 N–H and O–H groups in total. The molecule has 0 spiro atoms. The fraction of sp³-hybridized carbons (Fsp3) is 0.143. The van der Waals surface area contributed by atoms with Gasteiger partial charge in [-0.05, 0) is 36.8 Å². The highest BCUT2D eigenvalue weighted by Crippen LogP contribution is 2.22. The monoisotopic (exact) mass is 303 g/mol. The summed E-state index contributed by atoms with van der Waals surface area (Å²) in [6, 6.07) is 11.8. The fourth-order valence-corrected chi connectivity index (χ4v) is 2.09. The van der Waals surface area contributed by atoms with E-state index >= 15 is 0 Å². The van der Waals surface area contributed by atoms with Crippen LogP contribution in [0.5, 0.6) is 11.6 Å². The molecule has 0 unspecified atom stereocenters. The maximum absolute atomic E-state index is 10.5. The first-order valence-corrected chi connectivity index (χ1v) is 7.39. The van der Waals surface area contributed by atoms with Crippen LogP contribution in [0.2, 0.25) is 0 Å². The molecule has 1 aromatic carbocycles. The van der Waals surface area contributed by atoms with Crippen molar-refractivity contribution in [2.24, 2.45) is 0 Å². The number of nitriles is 1. The Morgan fingerprint density at radius 1 is 1.24 bits per heavy atom. The normalized spacial score (nSPS) is 10.1. The first-order valence-electron chi connectivity index (χ1n) is 6.21. The Kier molecular flexibility index (Phi) is 4.74. The summed E-state index contributed by atoms with van der Waals surface area (Å²) in [5.41, 5.74) is 1.67. The molecule has 1 aromatic heterocycles. The predicted octanol–water partition coefficient (Wildman–Crippen LogP) is 2.25. The molecule has 108 valence electrons. The molecule has 0 bridgehead atoms. The van der Waals surface area contributed by atoms with Crippen LogP contribution in [0.3, 0.4) is 0 Å². The van der Waals surface area contributed by atoms with E-state index in [1.165, 1.54) is 0 Å². The summed E-state index contributed by atoms with van der Waals surface area (Å²) >= 11 is 0. The minimum absolute atomic E-state index is 0.390. The lowest BCUT2D eigenvalue weighted by Crippen LogP contribution is -1.97. The van der Waals surface area contributed by atoms with Crippen molar-refractivity contribution in [2.45, 2.75) is 13.3 Å². The maximum atomic E-state index is 10.5. The molecule has 0 saturated heterocycles. The smallest absolute Gasteiger partial charge is 0.222 e. The molecule has 0 fully saturated rings. The van der Waals surface area contributed by atoms with Crippen LogP contribution in [0.4, 0.5) is 5.69 Å². The quantitative estimate of drug-likeness (QED) is 0.826. The van der Waals surface area contributed by atoms with Crippen LogP contribution in [0.15, 0.2) is 36.4 Å². The molecule has 0 amide bonds. The summed E-state index contributed by atoms with van der Waals surface area (Å²) in [6.07, 6.45) is 0.638. The van der Waals surface area contributed by atoms with Crippen molar-refractivity contribution in [1.29, 1.82) is 5.26 Å². The van der Waals surface area contributed by atoms with E-state index in [0.29, 0.717) is 35.0 Å². The Morgan fingerprint density at radius 2 is 1.95 bits per heavy atom. The number of pyridine rings is 1. The van der Waals surface area contributed by atoms with Crippen LogP contribution in [-0.2, 0) is 17.3 Å². The van der Waals surface area contributed by atoms with Gasteiger partial charge >= 0.3 is 0 Å². The van der Waals surface area contributed by atoms with Crippen molar-refractivity contribution in [3.05, 3.63) is 47.7 Å². The van der Waals surface area contributed by atoms with Crippen LogP contribution in [-0.4, -0.2) is 13.4 Å². The second-order valence-electron chi connectivity index (χ2n) is 4.10. The van der Waals surface area contributed by atoms with Gasteiger partial charge in [-0.3, -0.25) is 4.72 Å². The molecule has 2 rings (SSSR count).